The molecular formula is C7H14BF3KNO2. The van der Waals surface area contributed by atoms with Gasteiger partial charge < -0.3 is 27.7 Å². The van der Waals surface area contributed by atoms with Crippen molar-refractivity contribution in [1.29, 1.82) is 0 Å². The summed E-state index contributed by atoms with van der Waals surface area (Å²) in [5, 5.41) is 8.80. The number of hydrogen-bond donors (Lipinski definition) is 1. The molecule has 1 aliphatic rings. The number of nitrogens with zero attached hydrogens (tertiary/aromatic N) is 1. The zero-order valence-electron chi connectivity index (χ0n) is 9.00. The van der Waals surface area contributed by atoms with Gasteiger partial charge in [-0.1, -0.05) is 0 Å². The van der Waals surface area contributed by atoms with Gasteiger partial charge in [0.25, 0.3) is 0 Å². The molecule has 0 aliphatic carbocycles. The van der Waals surface area contributed by atoms with Crippen LogP contribution >= 0.6 is 0 Å². The van der Waals surface area contributed by atoms with Crippen LogP contribution in [0.1, 0.15) is 6.92 Å². The maximum atomic E-state index is 12.1. The first kappa shape index (κ1) is 16.4. The minimum Gasteiger partial charge on any atom is -0.448 e. The summed E-state index contributed by atoms with van der Waals surface area (Å²) in [5.74, 6) is 0. The zero-order valence-corrected chi connectivity index (χ0v) is 12.1. The van der Waals surface area contributed by atoms with Gasteiger partial charge in [0.1, 0.15) is 0 Å². The first-order valence-electron chi connectivity index (χ1n) is 4.60. The first-order valence-corrected chi connectivity index (χ1v) is 4.60. The summed E-state index contributed by atoms with van der Waals surface area (Å²) in [6.07, 6.45) is -1.61. The summed E-state index contributed by atoms with van der Waals surface area (Å²) in [6.45, 7) is -2.88. The molecule has 0 aromatic carbocycles. The van der Waals surface area contributed by atoms with Gasteiger partial charge in [-0.2, -0.15) is 0 Å². The smallest absolute Gasteiger partial charge is 0.448 e. The maximum Gasteiger partial charge on any atom is 1.00 e. The number of rotatable bonds is 3. The molecule has 15 heavy (non-hydrogen) atoms. The minimum atomic E-state index is -4.79. The average molecular weight is 251 g/mol. The van der Waals surface area contributed by atoms with Crippen molar-refractivity contribution in [1.82, 2.24) is 4.90 Å². The molecule has 0 saturated carbocycles. The molecule has 0 radical (unpaired) electrons. The molecule has 8 heteroatoms. The van der Waals surface area contributed by atoms with Crippen LogP contribution < -0.4 is 51.4 Å². The Bertz CT molecular complexity index is 196. The Labute approximate surface area is 130 Å². The van der Waals surface area contributed by atoms with E-state index in [9.17, 15) is 12.9 Å². The fourth-order valence-electron chi connectivity index (χ4n) is 1.68. The summed E-state index contributed by atoms with van der Waals surface area (Å²) < 4.78 is 41.6. The monoisotopic (exact) mass is 251 g/mol. The van der Waals surface area contributed by atoms with E-state index in [1.165, 1.54) is 4.90 Å². The molecule has 2 unspecified atom stereocenters. The minimum absolute atomic E-state index is 0. The van der Waals surface area contributed by atoms with Crippen LogP contribution in [0.2, 0.25) is 0 Å². The standard InChI is InChI=1S/C7H14BF3NO2.K/c1-6-2-12(5-8(9,10)11)3-7(4-13)14-6;/h6-7,13H,2-5H2,1H3;/q-1;+1. The van der Waals surface area contributed by atoms with E-state index in [1.807, 2.05) is 0 Å². The van der Waals surface area contributed by atoms with Gasteiger partial charge in [-0.25, -0.2) is 0 Å². The van der Waals surface area contributed by atoms with E-state index in [4.69, 9.17) is 9.84 Å². The van der Waals surface area contributed by atoms with Gasteiger partial charge >= 0.3 is 58.4 Å². The molecule has 1 N–H and O–H groups in total. The van der Waals surface area contributed by atoms with Gasteiger partial charge in [-0.3, -0.25) is 0 Å². The number of aliphatic hydroxyl groups is 1. The van der Waals surface area contributed by atoms with E-state index in [-0.39, 0.29) is 77.2 Å². The van der Waals surface area contributed by atoms with Crippen molar-refractivity contribution < 1.29 is 74.2 Å². The van der Waals surface area contributed by atoms with Crippen LogP contribution in [0, 0.1) is 0 Å². The molecule has 0 bridgehead atoms. The topological polar surface area (TPSA) is 32.7 Å². The van der Waals surface area contributed by atoms with Crippen molar-refractivity contribution in [2.24, 2.45) is 0 Å². The van der Waals surface area contributed by atoms with E-state index >= 15 is 0 Å². The van der Waals surface area contributed by atoms with Crippen molar-refractivity contribution in [3.05, 3.63) is 0 Å². The molecule has 84 valence electrons. The molecule has 1 heterocycles. The SMILES string of the molecule is CC1CN(C[B-](F)(F)F)CC(CO)O1.[K+]. The molecule has 1 saturated heterocycles. The van der Waals surface area contributed by atoms with Crippen LogP contribution in [-0.2, 0) is 4.74 Å². The molecule has 1 fully saturated rings. The third-order valence-corrected chi connectivity index (χ3v) is 2.07. The normalized spacial score (nSPS) is 28.6. The number of halogens is 3. The summed E-state index contributed by atoms with van der Waals surface area (Å²) in [7, 11) is 0. The predicted molar refractivity (Wildman–Crippen MR) is 46.9 cm³/mol. The van der Waals surface area contributed by atoms with Crippen molar-refractivity contribution in [2.75, 3.05) is 26.1 Å². The number of aliphatic hydroxyl groups excluding tert-OH is 1. The molecule has 0 spiro atoms. The van der Waals surface area contributed by atoms with Gasteiger partial charge in [0.2, 0.25) is 0 Å². The van der Waals surface area contributed by atoms with Crippen LogP contribution in [0.25, 0.3) is 0 Å². The van der Waals surface area contributed by atoms with Crippen LogP contribution in [0.3, 0.4) is 0 Å². The van der Waals surface area contributed by atoms with Gasteiger partial charge in [0.15, 0.2) is 0 Å². The second kappa shape index (κ2) is 6.95. The van der Waals surface area contributed by atoms with Crippen molar-refractivity contribution in [3.63, 3.8) is 0 Å². The summed E-state index contributed by atoms with van der Waals surface area (Å²) in [4.78, 5) is 1.29. The molecule has 1 rings (SSSR count). The molecule has 2 atom stereocenters. The van der Waals surface area contributed by atoms with Gasteiger partial charge in [-0.15, -0.1) is 0 Å². The van der Waals surface area contributed by atoms with E-state index in [0.29, 0.717) is 0 Å². The van der Waals surface area contributed by atoms with E-state index in [0.717, 1.165) is 0 Å². The molecule has 1 aliphatic heterocycles. The van der Waals surface area contributed by atoms with Gasteiger partial charge in [0.05, 0.1) is 18.8 Å². The quantitative estimate of drug-likeness (QED) is 0.561. The van der Waals surface area contributed by atoms with Gasteiger partial charge in [-0.05, 0) is 13.4 Å². The largest absolute Gasteiger partial charge is 1.00 e. The number of hydrogen-bond acceptors (Lipinski definition) is 3. The summed E-state index contributed by atoms with van der Waals surface area (Å²) in [5.41, 5.74) is 0. The van der Waals surface area contributed by atoms with Crippen molar-refractivity contribution in [2.45, 2.75) is 19.1 Å². The first-order chi connectivity index (χ1) is 6.40. The Morgan fingerprint density at radius 2 is 2.00 bits per heavy atom. The van der Waals surface area contributed by atoms with Crippen molar-refractivity contribution in [3.8, 4) is 0 Å². The van der Waals surface area contributed by atoms with E-state index < -0.39 is 19.5 Å². The number of morpholine rings is 1. The van der Waals surface area contributed by atoms with Gasteiger partial charge in [0, 0.05) is 13.1 Å². The number of ether oxygens (including phenoxy) is 1. The Balaban J connectivity index is 0.00000196. The Kier molecular flexibility index (Phi) is 7.59. The molecule has 0 aromatic rings. The fourth-order valence-corrected chi connectivity index (χ4v) is 1.68. The van der Waals surface area contributed by atoms with Crippen LogP contribution in [0.15, 0.2) is 0 Å². The third kappa shape index (κ3) is 6.62. The Hall–Kier alpha value is 1.37. The van der Waals surface area contributed by atoms with Crippen LogP contribution in [-0.4, -0.2) is 55.3 Å². The second-order valence-corrected chi connectivity index (χ2v) is 3.68. The van der Waals surface area contributed by atoms with E-state index in [1.54, 1.807) is 6.92 Å². The Morgan fingerprint density at radius 3 is 2.47 bits per heavy atom. The fraction of sp³-hybridized carbons (Fsp3) is 1.00. The third-order valence-electron chi connectivity index (χ3n) is 2.07. The van der Waals surface area contributed by atoms with E-state index in [2.05, 4.69) is 0 Å². The molecule has 0 aromatic heterocycles. The average Bonchev–Trinajstić information content (AvgIpc) is 1.99. The predicted octanol–water partition coefficient (Wildman–Crippen LogP) is -2.54. The second-order valence-electron chi connectivity index (χ2n) is 3.68. The van der Waals surface area contributed by atoms with Crippen molar-refractivity contribution >= 4 is 6.98 Å². The maximum absolute atomic E-state index is 12.1. The zero-order chi connectivity index (χ0) is 10.8. The van der Waals surface area contributed by atoms with Crippen LogP contribution in [0.4, 0.5) is 12.9 Å². The summed E-state index contributed by atoms with van der Waals surface area (Å²) in [6, 6.07) is 0. The van der Waals surface area contributed by atoms with Crippen LogP contribution in [0.5, 0.6) is 0 Å². The molecule has 0 amide bonds. The Morgan fingerprint density at radius 1 is 1.40 bits per heavy atom. The summed E-state index contributed by atoms with van der Waals surface area (Å²) >= 11 is 0. The molecule has 3 nitrogen and oxygen atoms in total. The molecular weight excluding hydrogens is 237 g/mol.